The van der Waals surface area contributed by atoms with E-state index in [0.717, 1.165) is 0 Å². The second-order valence-corrected chi connectivity index (χ2v) is 5.31. The van der Waals surface area contributed by atoms with Gasteiger partial charge in [0.15, 0.2) is 0 Å². The summed E-state index contributed by atoms with van der Waals surface area (Å²) in [4.78, 5) is 11.4. The molecule has 0 saturated carbocycles. The molecule has 0 atom stereocenters. The SMILES string of the molecule is O=C(CI)OCC1c2ccccc2-c2ccccc21. The number of rotatable bonds is 3. The number of hydrogen-bond acceptors (Lipinski definition) is 2. The second kappa shape index (κ2) is 5.33. The number of carbonyl (C=O) groups excluding carboxylic acids is 1. The zero-order valence-electron chi connectivity index (χ0n) is 10.3. The van der Waals surface area contributed by atoms with Crippen molar-refractivity contribution >= 4 is 28.6 Å². The van der Waals surface area contributed by atoms with E-state index in [0.29, 0.717) is 11.0 Å². The smallest absolute Gasteiger partial charge is 0.315 e. The highest BCUT2D eigenvalue weighted by molar-refractivity contribution is 14.1. The number of hydrogen-bond donors (Lipinski definition) is 0. The fraction of sp³-hybridized carbons (Fsp3) is 0.188. The van der Waals surface area contributed by atoms with E-state index < -0.39 is 0 Å². The van der Waals surface area contributed by atoms with Crippen molar-refractivity contribution in [1.29, 1.82) is 0 Å². The van der Waals surface area contributed by atoms with Crippen molar-refractivity contribution < 1.29 is 9.53 Å². The van der Waals surface area contributed by atoms with Crippen molar-refractivity contribution in [1.82, 2.24) is 0 Å². The van der Waals surface area contributed by atoms with Crippen LogP contribution >= 0.6 is 22.6 Å². The highest BCUT2D eigenvalue weighted by Gasteiger charge is 2.28. The summed E-state index contributed by atoms with van der Waals surface area (Å²) in [5.41, 5.74) is 5.03. The summed E-state index contributed by atoms with van der Waals surface area (Å²) in [7, 11) is 0. The number of benzene rings is 2. The molecular formula is C16H13IO2. The predicted octanol–water partition coefficient (Wildman–Crippen LogP) is 3.78. The molecule has 96 valence electrons. The lowest BCUT2D eigenvalue weighted by Crippen LogP contribution is -2.12. The topological polar surface area (TPSA) is 26.3 Å². The Morgan fingerprint density at radius 2 is 1.53 bits per heavy atom. The summed E-state index contributed by atoms with van der Waals surface area (Å²) < 4.78 is 5.74. The Hall–Kier alpha value is -1.36. The van der Waals surface area contributed by atoms with E-state index in [9.17, 15) is 4.79 Å². The monoisotopic (exact) mass is 364 g/mol. The zero-order chi connectivity index (χ0) is 13.2. The molecule has 0 aromatic heterocycles. The first-order valence-electron chi connectivity index (χ1n) is 6.21. The van der Waals surface area contributed by atoms with Crippen molar-refractivity contribution in [3.05, 3.63) is 59.7 Å². The van der Waals surface area contributed by atoms with Gasteiger partial charge in [0, 0.05) is 5.92 Å². The zero-order valence-corrected chi connectivity index (χ0v) is 12.5. The Morgan fingerprint density at radius 3 is 2.05 bits per heavy atom. The van der Waals surface area contributed by atoms with Gasteiger partial charge in [-0.25, -0.2) is 0 Å². The molecule has 2 aromatic carbocycles. The summed E-state index contributed by atoms with van der Waals surface area (Å²) in [5.74, 6) is 0.0155. The van der Waals surface area contributed by atoms with E-state index in [1.807, 2.05) is 34.7 Å². The van der Waals surface area contributed by atoms with Gasteiger partial charge in [0.25, 0.3) is 0 Å². The van der Waals surface area contributed by atoms with Gasteiger partial charge < -0.3 is 4.74 Å². The highest BCUT2D eigenvalue weighted by atomic mass is 127. The van der Waals surface area contributed by atoms with Gasteiger partial charge in [-0.3, -0.25) is 4.79 Å². The molecule has 0 radical (unpaired) electrons. The number of alkyl halides is 1. The first-order valence-corrected chi connectivity index (χ1v) is 7.73. The fourth-order valence-corrected chi connectivity index (χ4v) is 2.87. The average molecular weight is 364 g/mol. The molecule has 1 aliphatic carbocycles. The standard InChI is InChI=1S/C16H13IO2/c17-9-16(18)19-10-15-13-7-3-1-5-11(13)12-6-2-4-8-14(12)15/h1-8,15H,9-10H2. The third-order valence-electron chi connectivity index (χ3n) is 3.48. The van der Waals surface area contributed by atoms with E-state index in [4.69, 9.17) is 4.74 Å². The molecular weight excluding hydrogens is 351 g/mol. The Kier molecular flexibility index (Phi) is 3.55. The molecule has 19 heavy (non-hydrogen) atoms. The van der Waals surface area contributed by atoms with Crippen LogP contribution in [0.3, 0.4) is 0 Å². The number of halogens is 1. The van der Waals surface area contributed by atoms with Crippen molar-refractivity contribution in [2.24, 2.45) is 0 Å². The minimum atomic E-state index is -0.150. The van der Waals surface area contributed by atoms with Gasteiger partial charge in [-0.05, 0) is 22.3 Å². The molecule has 0 heterocycles. The van der Waals surface area contributed by atoms with E-state index >= 15 is 0 Å². The van der Waals surface area contributed by atoms with Crippen molar-refractivity contribution in [2.75, 3.05) is 11.0 Å². The van der Waals surface area contributed by atoms with Gasteiger partial charge in [-0.2, -0.15) is 0 Å². The Bertz CT molecular complexity index is 576. The van der Waals surface area contributed by atoms with Crippen molar-refractivity contribution in [2.45, 2.75) is 5.92 Å². The van der Waals surface area contributed by atoms with Gasteiger partial charge in [-0.1, -0.05) is 71.1 Å². The molecule has 3 rings (SSSR count). The van der Waals surface area contributed by atoms with Gasteiger partial charge >= 0.3 is 5.97 Å². The van der Waals surface area contributed by atoms with E-state index in [1.54, 1.807) is 0 Å². The van der Waals surface area contributed by atoms with Crippen LogP contribution in [0.1, 0.15) is 17.0 Å². The molecule has 0 spiro atoms. The van der Waals surface area contributed by atoms with Crippen molar-refractivity contribution in [3.8, 4) is 11.1 Å². The molecule has 0 fully saturated rings. The van der Waals surface area contributed by atoms with Crippen LogP contribution in [-0.2, 0) is 9.53 Å². The average Bonchev–Trinajstić information content (AvgIpc) is 2.79. The lowest BCUT2D eigenvalue weighted by molar-refractivity contribution is -0.140. The summed E-state index contributed by atoms with van der Waals surface area (Å²) in [6.07, 6.45) is 0. The summed E-state index contributed by atoms with van der Waals surface area (Å²) in [6.45, 7) is 0.426. The second-order valence-electron chi connectivity index (χ2n) is 4.54. The maximum absolute atomic E-state index is 11.4. The van der Waals surface area contributed by atoms with Crippen LogP contribution in [0.5, 0.6) is 0 Å². The lowest BCUT2D eigenvalue weighted by atomic mass is 9.98. The normalized spacial score (nSPS) is 12.9. The molecule has 1 aliphatic rings. The first kappa shape index (κ1) is 12.7. The number of carbonyl (C=O) groups is 1. The van der Waals surface area contributed by atoms with Gasteiger partial charge in [0.05, 0.1) is 4.43 Å². The molecule has 3 heteroatoms. The van der Waals surface area contributed by atoms with Crippen molar-refractivity contribution in [3.63, 3.8) is 0 Å². The maximum Gasteiger partial charge on any atom is 0.315 e. The van der Waals surface area contributed by atoms with E-state index in [1.165, 1.54) is 22.3 Å². The third kappa shape index (κ3) is 2.27. The summed E-state index contributed by atoms with van der Waals surface area (Å²) >= 11 is 2.03. The predicted molar refractivity (Wildman–Crippen MR) is 83.6 cm³/mol. The van der Waals surface area contributed by atoms with Crippen LogP contribution in [0.15, 0.2) is 48.5 Å². The molecule has 0 saturated heterocycles. The lowest BCUT2D eigenvalue weighted by Gasteiger charge is -2.13. The molecule has 2 aromatic rings. The molecule has 0 N–H and O–H groups in total. The Balaban J connectivity index is 1.98. The van der Waals surface area contributed by atoms with Gasteiger partial charge in [0.2, 0.25) is 0 Å². The number of fused-ring (bicyclic) bond motifs is 3. The molecule has 0 aliphatic heterocycles. The van der Waals surface area contributed by atoms with Crippen LogP contribution in [-0.4, -0.2) is 17.0 Å². The third-order valence-corrected chi connectivity index (χ3v) is 4.11. The van der Waals surface area contributed by atoms with Crippen LogP contribution in [0.25, 0.3) is 11.1 Å². The van der Waals surface area contributed by atoms with Gasteiger partial charge in [-0.15, -0.1) is 0 Å². The molecule has 0 amide bonds. The van der Waals surface area contributed by atoms with E-state index in [-0.39, 0.29) is 11.9 Å². The number of ether oxygens (including phenoxy) is 1. The highest BCUT2D eigenvalue weighted by Crippen LogP contribution is 2.44. The fourth-order valence-electron chi connectivity index (χ4n) is 2.65. The Morgan fingerprint density at radius 1 is 1.00 bits per heavy atom. The summed E-state index contributed by atoms with van der Waals surface area (Å²) in [5, 5.41) is 0. The molecule has 2 nitrogen and oxygen atoms in total. The van der Waals surface area contributed by atoms with Crippen LogP contribution < -0.4 is 0 Å². The van der Waals surface area contributed by atoms with Crippen LogP contribution in [0, 0.1) is 0 Å². The molecule has 0 bridgehead atoms. The minimum absolute atomic E-state index is 0.150. The van der Waals surface area contributed by atoms with Crippen LogP contribution in [0.4, 0.5) is 0 Å². The minimum Gasteiger partial charge on any atom is -0.464 e. The molecule has 0 unspecified atom stereocenters. The maximum atomic E-state index is 11.4. The largest absolute Gasteiger partial charge is 0.464 e. The summed E-state index contributed by atoms with van der Waals surface area (Å²) in [6, 6.07) is 16.7. The van der Waals surface area contributed by atoms with E-state index in [2.05, 4.69) is 36.4 Å². The Labute approximate surface area is 125 Å². The quantitative estimate of drug-likeness (QED) is 0.471. The first-order chi connectivity index (χ1) is 9.31. The van der Waals surface area contributed by atoms with Gasteiger partial charge in [0.1, 0.15) is 6.61 Å². The number of esters is 1. The van der Waals surface area contributed by atoms with Crippen LogP contribution in [0.2, 0.25) is 0 Å².